The summed E-state index contributed by atoms with van der Waals surface area (Å²) < 4.78 is 42.5. The van der Waals surface area contributed by atoms with Gasteiger partial charge >= 0.3 is 6.18 Å². The van der Waals surface area contributed by atoms with Gasteiger partial charge in [-0.15, -0.1) is 0 Å². The van der Waals surface area contributed by atoms with E-state index in [4.69, 9.17) is 4.74 Å². The normalized spacial score (nSPS) is 20.4. The smallest absolute Gasteiger partial charge is 0.390 e. The van der Waals surface area contributed by atoms with Crippen molar-refractivity contribution in [3.8, 4) is 5.75 Å². The summed E-state index contributed by atoms with van der Waals surface area (Å²) >= 11 is 0. The Balaban J connectivity index is 2.11. The van der Waals surface area contributed by atoms with Crippen molar-refractivity contribution in [1.82, 2.24) is 5.32 Å². The van der Waals surface area contributed by atoms with Crippen molar-refractivity contribution >= 4 is 0 Å². The first kappa shape index (κ1) is 15.2. The molecule has 2 rings (SSSR count). The molecule has 5 heteroatoms. The average molecular weight is 287 g/mol. The van der Waals surface area contributed by atoms with Crippen molar-refractivity contribution < 1.29 is 17.9 Å². The number of ether oxygens (including phenoxy) is 1. The molecule has 2 unspecified atom stereocenters. The van der Waals surface area contributed by atoms with E-state index in [-0.39, 0.29) is 6.04 Å². The maximum absolute atomic E-state index is 12.4. The lowest BCUT2D eigenvalue weighted by atomic mass is 9.87. The lowest BCUT2D eigenvalue weighted by Crippen LogP contribution is -2.35. The SMILES string of the molecule is COc1ccc2c(c1)C(NC(C)CC(F)(F)F)CCC2. The van der Waals surface area contributed by atoms with Crippen LogP contribution >= 0.6 is 0 Å². The molecule has 0 spiro atoms. The van der Waals surface area contributed by atoms with E-state index in [1.807, 2.05) is 18.2 Å². The van der Waals surface area contributed by atoms with Gasteiger partial charge in [0.05, 0.1) is 13.5 Å². The highest BCUT2D eigenvalue weighted by molar-refractivity contribution is 5.39. The van der Waals surface area contributed by atoms with Crippen molar-refractivity contribution in [3.05, 3.63) is 29.3 Å². The van der Waals surface area contributed by atoms with Gasteiger partial charge < -0.3 is 10.1 Å². The van der Waals surface area contributed by atoms with Gasteiger partial charge in [0, 0.05) is 12.1 Å². The third-order valence-electron chi connectivity index (χ3n) is 3.69. The van der Waals surface area contributed by atoms with E-state index in [1.165, 1.54) is 5.56 Å². The molecule has 112 valence electrons. The lowest BCUT2D eigenvalue weighted by Gasteiger charge is -2.30. The largest absolute Gasteiger partial charge is 0.497 e. The summed E-state index contributed by atoms with van der Waals surface area (Å²) in [7, 11) is 1.60. The fraction of sp³-hybridized carbons (Fsp3) is 0.600. The first-order chi connectivity index (χ1) is 9.39. The van der Waals surface area contributed by atoms with Crippen molar-refractivity contribution in [2.24, 2.45) is 0 Å². The fourth-order valence-electron chi connectivity index (χ4n) is 2.83. The fourth-order valence-corrected chi connectivity index (χ4v) is 2.83. The van der Waals surface area contributed by atoms with Crippen LogP contribution in [0.25, 0.3) is 0 Å². The summed E-state index contributed by atoms with van der Waals surface area (Å²) in [5, 5.41) is 3.11. The minimum Gasteiger partial charge on any atom is -0.497 e. The molecule has 1 aliphatic rings. The Morgan fingerprint density at radius 1 is 1.40 bits per heavy atom. The average Bonchev–Trinajstić information content (AvgIpc) is 2.36. The number of hydrogen-bond acceptors (Lipinski definition) is 2. The predicted octanol–water partition coefficient (Wildman–Crippen LogP) is 4.00. The first-order valence-electron chi connectivity index (χ1n) is 6.88. The second-order valence-corrected chi connectivity index (χ2v) is 5.40. The Bertz CT molecular complexity index is 459. The Morgan fingerprint density at radius 2 is 2.15 bits per heavy atom. The van der Waals surface area contributed by atoms with Crippen molar-refractivity contribution in [1.29, 1.82) is 0 Å². The van der Waals surface area contributed by atoms with Crippen LogP contribution in [-0.4, -0.2) is 19.3 Å². The number of hydrogen-bond donors (Lipinski definition) is 1. The van der Waals surface area contributed by atoms with Crippen LogP contribution in [0.15, 0.2) is 18.2 Å². The number of methoxy groups -OCH3 is 1. The van der Waals surface area contributed by atoms with Crippen molar-refractivity contribution in [2.45, 2.75) is 50.9 Å². The molecular weight excluding hydrogens is 267 g/mol. The van der Waals surface area contributed by atoms with E-state index in [0.717, 1.165) is 30.6 Å². The molecule has 0 amide bonds. The summed E-state index contributed by atoms with van der Waals surface area (Å²) in [6.45, 7) is 1.59. The van der Waals surface area contributed by atoms with Crippen LogP contribution in [0, 0.1) is 0 Å². The van der Waals surface area contributed by atoms with E-state index in [2.05, 4.69) is 5.32 Å². The number of halogens is 3. The molecule has 20 heavy (non-hydrogen) atoms. The van der Waals surface area contributed by atoms with Crippen LogP contribution in [0.4, 0.5) is 13.2 Å². The first-order valence-corrected chi connectivity index (χ1v) is 6.88. The standard InChI is InChI=1S/C15H20F3NO/c1-10(9-15(16,17)18)19-14-5-3-4-11-6-7-12(20-2)8-13(11)14/h6-8,10,14,19H,3-5,9H2,1-2H3. The number of fused-ring (bicyclic) bond motifs is 1. The van der Waals surface area contributed by atoms with E-state index in [9.17, 15) is 13.2 Å². The monoisotopic (exact) mass is 287 g/mol. The maximum Gasteiger partial charge on any atom is 0.390 e. The molecule has 1 aromatic rings. The van der Waals surface area contributed by atoms with Crippen LogP contribution in [-0.2, 0) is 6.42 Å². The van der Waals surface area contributed by atoms with Gasteiger partial charge in [-0.1, -0.05) is 6.07 Å². The predicted molar refractivity (Wildman–Crippen MR) is 71.9 cm³/mol. The summed E-state index contributed by atoms with van der Waals surface area (Å²) in [6, 6.07) is 5.24. The quantitative estimate of drug-likeness (QED) is 0.903. The second-order valence-electron chi connectivity index (χ2n) is 5.40. The van der Waals surface area contributed by atoms with Gasteiger partial charge in [-0.05, 0) is 49.4 Å². The molecule has 0 saturated carbocycles. The molecule has 0 saturated heterocycles. The zero-order valence-corrected chi connectivity index (χ0v) is 11.8. The zero-order chi connectivity index (χ0) is 14.8. The Kier molecular flexibility index (Phi) is 4.58. The number of nitrogens with one attached hydrogen (secondary N) is 1. The van der Waals surface area contributed by atoms with Crippen LogP contribution < -0.4 is 10.1 Å². The molecular formula is C15H20F3NO. The summed E-state index contributed by atoms with van der Waals surface area (Å²) in [5.74, 6) is 0.751. The third-order valence-corrected chi connectivity index (χ3v) is 3.69. The molecule has 0 aliphatic heterocycles. The van der Waals surface area contributed by atoms with E-state index in [0.29, 0.717) is 0 Å². The molecule has 0 fully saturated rings. The highest BCUT2D eigenvalue weighted by atomic mass is 19.4. The molecule has 1 N–H and O–H groups in total. The topological polar surface area (TPSA) is 21.3 Å². The third kappa shape index (κ3) is 3.88. The van der Waals surface area contributed by atoms with Crippen LogP contribution in [0.2, 0.25) is 0 Å². The van der Waals surface area contributed by atoms with E-state index < -0.39 is 18.6 Å². The number of benzene rings is 1. The van der Waals surface area contributed by atoms with Crippen molar-refractivity contribution in [3.63, 3.8) is 0 Å². The molecule has 0 radical (unpaired) electrons. The Morgan fingerprint density at radius 3 is 2.80 bits per heavy atom. The van der Waals surface area contributed by atoms with Gasteiger partial charge in [-0.2, -0.15) is 13.2 Å². The number of aryl methyl sites for hydroxylation is 1. The van der Waals surface area contributed by atoms with Crippen LogP contribution in [0.3, 0.4) is 0 Å². The highest BCUT2D eigenvalue weighted by Crippen LogP contribution is 2.33. The molecule has 0 heterocycles. The summed E-state index contributed by atoms with van der Waals surface area (Å²) in [5.41, 5.74) is 2.28. The summed E-state index contributed by atoms with van der Waals surface area (Å²) in [6.07, 6.45) is -2.09. The lowest BCUT2D eigenvalue weighted by molar-refractivity contribution is -0.139. The zero-order valence-electron chi connectivity index (χ0n) is 11.8. The number of rotatable bonds is 4. The van der Waals surface area contributed by atoms with Gasteiger partial charge in [0.2, 0.25) is 0 Å². The minimum atomic E-state index is -4.13. The molecule has 2 atom stereocenters. The van der Waals surface area contributed by atoms with Crippen LogP contribution in [0.1, 0.15) is 43.4 Å². The van der Waals surface area contributed by atoms with Gasteiger partial charge in [-0.3, -0.25) is 0 Å². The molecule has 1 aromatic carbocycles. The van der Waals surface area contributed by atoms with Gasteiger partial charge in [0.1, 0.15) is 5.75 Å². The van der Waals surface area contributed by atoms with Gasteiger partial charge in [0.25, 0.3) is 0 Å². The molecule has 1 aliphatic carbocycles. The maximum atomic E-state index is 12.4. The Labute approximate surface area is 117 Å². The molecule has 0 aromatic heterocycles. The van der Waals surface area contributed by atoms with Crippen LogP contribution in [0.5, 0.6) is 5.75 Å². The molecule has 2 nitrogen and oxygen atoms in total. The molecule has 0 bridgehead atoms. The second kappa shape index (κ2) is 6.04. The van der Waals surface area contributed by atoms with E-state index in [1.54, 1.807) is 14.0 Å². The minimum absolute atomic E-state index is 0.0220. The summed E-state index contributed by atoms with van der Waals surface area (Å²) in [4.78, 5) is 0. The van der Waals surface area contributed by atoms with E-state index >= 15 is 0 Å². The Hall–Kier alpha value is -1.23. The highest BCUT2D eigenvalue weighted by Gasteiger charge is 2.31. The van der Waals surface area contributed by atoms with Gasteiger partial charge in [-0.25, -0.2) is 0 Å². The van der Waals surface area contributed by atoms with Gasteiger partial charge in [0.15, 0.2) is 0 Å². The van der Waals surface area contributed by atoms with Crippen molar-refractivity contribution in [2.75, 3.05) is 7.11 Å². The number of alkyl halides is 3.